The molecule has 2 unspecified atom stereocenters. The van der Waals surface area contributed by atoms with Crippen LogP contribution in [0.5, 0.6) is 5.75 Å². The molecule has 2 heterocycles. The smallest absolute Gasteiger partial charge is 0.325 e. The fourth-order valence-electron chi connectivity index (χ4n) is 3.93. The van der Waals surface area contributed by atoms with Crippen LogP contribution in [0.1, 0.15) is 18.9 Å². The van der Waals surface area contributed by atoms with Crippen molar-refractivity contribution >= 4 is 11.7 Å². The summed E-state index contributed by atoms with van der Waals surface area (Å²) in [5, 5.41) is 2.81. The van der Waals surface area contributed by atoms with E-state index in [2.05, 4.69) is 42.2 Å². The van der Waals surface area contributed by atoms with Gasteiger partial charge in [-0.25, -0.2) is 0 Å². The van der Waals surface area contributed by atoms with E-state index in [1.807, 2.05) is 12.1 Å². The standard InChI is InChI=1S/C16H23N3O2/c1-16-7-8-18(3)15(16)19(4)13-6-5-11(9-12(13)16)21-14(20)10-17-2/h5-6,9,15,17H,7-8,10H2,1-4H3. The number of hydrogen-bond donors (Lipinski definition) is 1. The first-order valence-electron chi connectivity index (χ1n) is 7.40. The second-order valence-electron chi connectivity index (χ2n) is 6.32. The predicted molar refractivity (Wildman–Crippen MR) is 82.8 cm³/mol. The van der Waals surface area contributed by atoms with Crippen LogP contribution in [0.15, 0.2) is 18.2 Å². The van der Waals surface area contributed by atoms with E-state index in [4.69, 9.17) is 4.74 Å². The highest BCUT2D eigenvalue weighted by molar-refractivity contribution is 5.75. The molecule has 1 fully saturated rings. The van der Waals surface area contributed by atoms with E-state index in [1.165, 1.54) is 11.3 Å². The van der Waals surface area contributed by atoms with Gasteiger partial charge in [0.25, 0.3) is 0 Å². The van der Waals surface area contributed by atoms with Crippen molar-refractivity contribution < 1.29 is 9.53 Å². The molecule has 5 heteroatoms. The lowest BCUT2D eigenvalue weighted by Crippen LogP contribution is -2.45. The summed E-state index contributed by atoms with van der Waals surface area (Å²) in [5.74, 6) is 0.382. The fourth-order valence-corrected chi connectivity index (χ4v) is 3.93. The quantitative estimate of drug-likeness (QED) is 0.669. The Morgan fingerprint density at radius 3 is 2.95 bits per heavy atom. The molecule has 0 bridgehead atoms. The van der Waals surface area contributed by atoms with E-state index < -0.39 is 0 Å². The van der Waals surface area contributed by atoms with Crippen LogP contribution in [0.2, 0.25) is 0 Å². The summed E-state index contributed by atoms with van der Waals surface area (Å²) in [7, 11) is 6.05. The Hall–Kier alpha value is -1.59. The largest absolute Gasteiger partial charge is 0.426 e. The van der Waals surface area contributed by atoms with Crippen molar-refractivity contribution in [3.63, 3.8) is 0 Å². The monoisotopic (exact) mass is 289 g/mol. The van der Waals surface area contributed by atoms with Gasteiger partial charge in [-0.3, -0.25) is 9.69 Å². The van der Waals surface area contributed by atoms with Crippen LogP contribution in [-0.2, 0) is 10.2 Å². The number of carbonyl (C=O) groups is 1. The third-order valence-corrected chi connectivity index (χ3v) is 4.85. The van der Waals surface area contributed by atoms with E-state index in [1.54, 1.807) is 7.05 Å². The number of likely N-dealkylation sites (tertiary alicyclic amines) is 1. The zero-order chi connectivity index (χ0) is 15.2. The molecule has 1 saturated heterocycles. The van der Waals surface area contributed by atoms with E-state index in [0.717, 1.165) is 13.0 Å². The van der Waals surface area contributed by atoms with Crippen LogP contribution >= 0.6 is 0 Å². The molecule has 1 aromatic carbocycles. The van der Waals surface area contributed by atoms with Crippen molar-refractivity contribution in [2.45, 2.75) is 24.9 Å². The van der Waals surface area contributed by atoms with Crippen LogP contribution in [0.4, 0.5) is 5.69 Å². The van der Waals surface area contributed by atoms with E-state index >= 15 is 0 Å². The molecule has 3 rings (SSSR count). The Kier molecular flexibility index (Phi) is 3.42. The topological polar surface area (TPSA) is 44.8 Å². The van der Waals surface area contributed by atoms with E-state index in [0.29, 0.717) is 11.9 Å². The molecule has 114 valence electrons. The number of fused-ring (bicyclic) bond motifs is 3. The molecular formula is C16H23N3O2. The van der Waals surface area contributed by atoms with Gasteiger partial charge in [0.2, 0.25) is 0 Å². The van der Waals surface area contributed by atoms with Gasteiger partial charge in [-0.1, -0.05) is 6.92 Å². The first kappa shape index (κ1) is 14.4. The molecule has 0 radical (unpaired) electrons. The van der Waals surface area contributed by atoms with Gasteiger partial charge < -0.3 is 15.0 Å². The minimum atomic E-state index is -0.256. The van der Waals surface area contributed by atoms with Crippen LogP contribution in [-0.4, -0.2) is 51.3 Å². The number of hydrogen-bond acceptors (Lipinski definition) is 5. The molecule has 0 amide bonds. The number of nitrogens with one attached hydrogen (secondary N) is 1. The zero-order valence-electron chi connectivity index (χ0n) is 13.1. The fraction of sp³-hybridized carbons (Fsp3) is 0.562. The molecule has 2 atom stereocenters. The molecular weight excluding hydrogens is 266 g/mol. The second-order valence-corrected chi connectivity index (χ2v) is 6.32. The summed E-state index contributed by atoms with van der Waals surface area (Å²) >= 11 is 0. The maximum absolute atomic E-state index is 11.6. The highest BCUT2D eigenvalue weighted by Crippen LogP contribution is 2.51. The van der Waals surface area contributed by atoms with Crippen LogP contribution in [0, 0.1) is 0 Å². The summed E-state index contributed by atoms with van der Waals surface area (Å²) in [6.07, 6.45) is 1.51. The van der Waals surface area contributed by atoms with Crippen molar-refractivity contribution in [2.24, 2.45) is 0 Å². The predicted octanol–water partition coefficient (Wildman–Crippen LogP) is 1.18. The number of anilines is 1. The van der Waals surface area contributed by atoms with Crippen LogP contribution in [0.3, 0.4) is 0 Å². The van der Waals surface area contributed by atoms with Crippen molar-refractivity contribution in [2.75, 3.05) is 39.1 Å². The second kappa shape index (κ2) is 5.00. The number of esters is 1. The Morgan fingerprint density at radius 2 is 2.24 bits per heavy atom. The molecule has 1 aromatic rings. The SMILES string of the molecule is CNCC(=O)Oc1ccc2c(c1)C1(C)CCN(C)C1N2C. The maximum Gasteiger partial charge on any atom is 0.325 e. The molecule has 2 aliphatic heterocycles. The lowest BCUT2D eigenvalue weighted by molar-refractivity contribution is -0.133. The summed E-state index contributed by atoms with van der Waals surface area (Å²) in [5.41, 5.74) is 2.63. The number of benzene rings is 1. The van der Waals surface area contributed by atoms with Gasteiger partial charge >= 0.3 is 5.97 Å². The van der Waals surface area contributed by atoms with Gasteiger partial charge in [0.05, 0.1) is 12.7 Å². The van der Waals surface area contributed by atoms with E-state index in [-0.39, 0.29) is 17.9 Å². The minimum absolute atomic E-state index is 0.101. The van der Waals surface area contributed by atoms with Crippen molar-refractivity contribution in [3.05, 3.63) is 23.8 Å². The number of nitrogens with zero attached hydrogens (tertiary/aromatic N) is 2. The maximum atomic E-state index is 11.6. The minimum Gasteiger partial charge on any atom is -0.426 e. The number of likely N-dealkylation sites (N-methyl/N-ethyl adjacent to an activating group) is 3. The summed E-state index contributed by atoms with van der Waals surface area (Å²) in [4.78, 5) is 16.4. The van der Waals surface area contributed by atoms with Gasteiger partial charge in [0.15, 0.2) is 0 Å². The lowest BCUT2D eigenvalue weighted by atomic mass is 9.81. The zero-order valence-corrected chi connectivity index (χ0v) is 13.1. The Bertz CT molecular complexity index is 575. The highest BCUT2D eigenvalue weighted by Gasteiger charge is 2.52. The Morgan fingerprint density at radius 1 is 1.48 bits per heavy atom. The average molecular weight is 289 g/mol. The Labute approximate surface area is 125 Å². The number of carbonyl (C=O) groups excluding carboxylic acids is 1. The third-order valence-electron chi connectivity index (χ3n) is 4.85. The van der Waals surface area contributed by atoms with Crippen molar-refractivity contribution in [1.82, 2.24) is 10.2 Å². The molecule has 0 aliphatic carbocycles. The summed E-state index contributed by atoms with van der Waals surface area (Å²) in [6, 6.07) is 5.99. The summed E-state index contributed by atoms with van der Waals surface area (Å²) < 4.78 is 5.40. The van der Waals surface area contributed by atoms with Gasteiger partial charge in [-0.2, -0.15) is 0 Å². The highest BCUT2D eigenvalue weighted by atomic mass is 16.5. The molecule has 0 aromatic heterocycles. The molecule has 0 saturated carbocycles. The van der Waals surface area contributed by atoms with Gasteiger partial charge in [-0.15, -0.1) is 0 Å². The van der Waals surface area contributed by atoms with Crippen molar-refractivity contribution in [3.8, 4) is 5.75 Å². The van der Waals surface area contributed by atoms with Gasteiger partial charge in [-0.05, 0) is 44.3 Å². The van der Waals surface area contributed by atoms with Crippen LogP contribution in [0.25, 0.3) is 0 Å². The third kappa shape index (κ3) is 2.12. The Balaban J connectivity index is 1.93. The van der Waals surface area contributed by atoms with Gasteiger partial charge in [0, 0.05) is 24.7 Å². The lowest BCUT2D eigenvalue weighted by Gasteiger charge is -2.32. The first-order valence-corrected chi connectivity index (χ1v) is 7.40. The average Bonchev–Trinajstić information content (AvgIpc) is 2.85. The van der Waals surface area contributed by atoms with Gasteiger partial charge in [0.1, 0.15) is 5.75 Å². The molecule has 1 N–H and O–H groups in total. The molecule has 0 spiro atoms. The van der Waals surface area contributed by atoms with Crippen LogP contribution < -0.4 is 15.0 Å². The number of ether oxygens (including phenoxy) is 1. The molecule has 2 aliphatic rings. The number of rotatable bonds is 3. The normalized spacial score (nSPS) is 27.6. The molecule has 21 heavy (non-hydrogen) atoms. The molecule has 5 nitrogen and oxygen atoms in total. The first-order chi connectivity index (χ1) is 9.97. The van der Waals surface area contributed by atoms with E-state index in [9.17, 15) is 4.79 Å². The van der Waals surface area contributed by atoms with Crippen molar-refractivity contribution in [1.29, 1.82) is 0 Å². The summed E-state index contributed by atoms with van der Waals surface area (Å²) in [6.45, 7) is 3.62.